The lowest BCUT2D eigenvalue weighted by molar-refractivity contribution is -0.123. The van der Waals surface area contributed by atoms with Crippen molar-refractivity contribution < 1.29 is 23.9 Å². The van der Waals surface area contributed by atoms with E-state index in [1.807, 2.05) is 0 Å². The van der Waals surface area contributed by atoms with Crippen LogP contribution >= 0.6 is 0 Å². The number of urea groups is 1. The highest BCUT2D eigenvalue weighted by Crippen LogP contribution is 2.25. The number of carbonyl (C=O) groups is 3. The number of benzene rings is 1. The average Bonchev–Trinajstić information content (AvgIpc) is 2.81. The Bertz CT molecular complexity index is 560. The predicted octanol–water partition coefficient (Wildman–Crippen LogP) is -0.602. The van der Waals surface area contributed by atoms with Crippen LogP contribution in [0.25, 0.3) is 0 Å². The van der Waals surface area contributed by atoms with Crippen molar-refractivity contribution in [2.75, 3.05) is 20.3 Å². The Kier molecular flexibility index (Phi) is 4.60. The smallest absolute Gasteiger partial charge is 0.322 e. The molecule has 0 bridgehead atoms. The third-order valence-electron chi connectivity index (χ3n) is 2.79. The molecule has 8 nitrogen and oxygen atoms in total. The number of ether oxygens (including phenoxy) is 2. The van der Waals surface area contributed by atoms with E-state index in [0.717, 1.165) is 0 Å². The molecule has 1 unspecified atom stereocenters. The number of nitrogens with one attached hydrogen (secondary N) is 3. The van der Waals surface area contributed by atoms with E-state index >= 15 is 0 Å². The van der Waals surface area contributed by atoms with Crippen LogP contribution in [0.5, 0.6) is 11.5 Å². The average molecular weight is 293 g/mol. The molecule has 1 aromatic carbocycles. The van der Waals surface area contributed by atoms with E-state index in [2.05, 4.69) is 16.0 Å². The highest BCUT2D eigenvalue weighted by molar-refractivity contribution is 6.04. The zero-order valence-electron chi connectivity index (χ0n) is 11.3. The fourth-order valence-corrected chi connectivity index (χ4v) is 1.75. The molecule has 0 saturated carbocycles. The Morgan fingerprint density at radius 3 is 2.62 bits per heavy atom. The first-order valence-corrected chi connectivity index (χ1v) is 6.24. The van der Waals surface area contributed by atoms with Crippen LogP contribution in [0, 0.1) is 0 Å². The van der Waals surface area contributed by atoms with Crippen LogP contribution in [-0.2, 0) is 9.59 Å². The molecule has 0 aliphatic carbocycles. The molecule has 21 heavy (non-hydrogen) atoms. The first-order valence-electron chi connectivity index (χ1n) is 6.24. The first-order chi connectivity index (χ1) is 10.1. The number of imide groups is 1. The van der Waals surface area contributed by atoms with Gasteiger partial charge in [-0.25, -0.2) is 4.79 Å². The maximum atomic E-state index is 11.6. The van der Waals surface area contributed by atoms with Gasteiger partial charge in [0.2, 0.25) is 0 Å². The van der Waals surface area contributed by atoms with Crippen molar-refractivity contribution in [3.05, 3.63) is 24.3 Å². The molecule has 1 heterocycles. The van der Waals surface area contributed by atoms with E-state index in [0.29, 0.717) is 11.5 Å². The Balaban J connectivity index is 1.77. The summed E-state index contributed by atoms with van der Waals surface area (Å²) < 4.78 is 10.4. The summed E-state index contributed by atoms with van der Waals surface area (Å²) in [6, 6.07) is 5.61. The van der Waals surface area contributed by atoms with Gasteiger partial charge in [-0.1, -0.05) is 12.1 Å². The van der Waals surface area contributed by atoms with Crippen LogP contribution in [0.15, 0.2) is 24.3 Å². The van der Waals surface area contributed by atoms with Gasteiger partial charge in [0.1, 0.15) is 6.04 Å². The number of amides is 4. The lowest BCUT2D eigenvalue weighted by Gasteiger charge is -2.11. The molecule has 0 aromatic heterocycles. The molecule has 0 radical (unpaired) electrons. The van der Waals surface area contributed by atoms with Crippen LogP contribution in [0.4, 0.5) is 4.79 Å². The molecule has 1 atom stereocenters. The van der Waals surface area contributed by atoms with Crippen molar-refractivity contribution in [1.29, 1.82) is 0 Å². The Labute approximate surface area is 120 Å². The fourth-order valence-electron chi connectivity index (χ4n) is 1.75. The van der Waals surface area contributed by atoms with E-state index in [1.165, 1.54) is 7.11 Å². The number of methoxy groups -OCH3 is 1. The summed E-state index contributed by atoms with van der Waals surface area (Å²) in [5.74, 6) is 0.0931. The van der Waals surface area contributed by atoms with E-state index in [9.17, 15) is 14.4 Å². The SMILES string of the molecule is COc1ccccc1OCC(=O)NCC1NC(=O)NC1=O. The highest BCUT2D eigenvalue weighted by Gasteiger charge is 2.29. The summed E-state index contributed by atoms with van der Waals surface area (Å²) in [5.41, 5.74) is 0. The van der Waals surface area contributed by atoms with Crippen LogP contribution in [0.1, 0.15) is 0 Å². The van der Waals surface area contributed by atoms with Gasteiger partial charge >= 0.3 is 6.03 Å². The van der Waals surface area contributed by atoms with Crippen molar-refractivity contribution >= 4 is 17.8 Å². The molecular weight excluding hydrogens is 278 g/mol. The number of hydrogen-bond donors (Lipinski definition) is 3. The largest absolute Gasteiger partial charge is 0.493 e. The molecule has 112 valence electrons. The normalized spacial score (nSPS) is 16.9. The van der Waals surface area contributed by atoms with Crippen molar-refractivity contribution in [2.45, 2.75) is 6.04 Å². The van der Waals surface area contributed by atoms with Crippen LogP contribution in [0.2, 0.25) is 0 Å². The zero-order valence-corrected chi connectivity index (χ0v) is 11.3. The first kappa shape index (κ1) is 14.6. The van der Waals surface area contributed by atoms with Crippen molar-refractivity contribution in [3.8, 4) is 11.5 Å². The van der Waals surface area contributed by atoms with Crippen LogP contribution < -0.4 is 25.4 Å². The quantitative estimate of drug-likeness (QED) is 0.607. The molecule has 3 N–H and O–H groups in total. The van der Waals surface area contributed by atoms with E-state index < -0.39 is 23.9 Å². The molecule has 2 rings (SSSR count). The maximum Gasteiger partial charge on any atom is 0.322 e. The van der Waals surface area contributed by atoms with Crippen molar-refractivity contribution in [3.63, 3.8) is 0 Å². The van der Waals surface area contributed by atoms with Gasteiger partial charge in [-0.15, -0.1) is 0 Å². The van der Waals surface area contributed by atoms with Gasteiger partial charge in [-0.2, -0.15) is 0 Å². The molecule has 1 saturated heterocycles. The Hall–Kier alpha value is -2.77. The molecule has 1 aliphatic rings. The van der Waals surface area contributed by atoms with Crippen LogP contribution in [-0.4, -0.2) is 44.1 Å². The highest BCUT2D eigenvalue weighted by atomic mass is 16.5. The Morgan fingerprint density at radius 2 is 2.00 bits per heavy atom. The molecule has 0 spiro atoms. The summed E-state index contributed by atoms with van der Waals surface area (Å²) in [4.78, 5) is 33.8. The number of hydrogen-bond acceptors (Lipinski definition) is 5. The van der Waals surface area contributed by atoms with Gasteiger partial charge in [-0.3, -0.25) is 14.9 Å². The summed E-state index contributed by atoms with van der Waals surface area (Å²) in [7, 11) is 1.50. The summed E-state index contributed by atoms with van der Waals surface area (Å²) >= 11 is 0. The van der Waals surface area contributed by atoms with E-state index in [4.69, 9.17) is 9.47 Å². The maximum absolute atomic E-state index is 11.6. The number of rotatable bonds is 6. The standard InChI is InChI=1S/C13H15N3O5/c1-20-9-4-2-3-5-10(9)21-7-11(17)14-6-8-12(18)16-13(19)15-8/h2-5,8H,6-7H2,1H3,(H,14,17)(H2,15,16,18,19). The van der Waals surface area contributed by atoms with Gasteiger partial charge in [0.05, 0.1) is 7.11 Å². The summed E-state index contributed by atoms with van der Waals surface area (Å²) in [6.07, 6.45) is 0. The minimum atomic E-state index is -0.757. The second-order valence-corrected chi connectivity index (χ2v) is 4.26. The molecular formula is C13H15N3O5. The molecule has 1 aromatic rings. The van der Waals surface area contributed by atoms with Gasteiger partial charge in [0.15, 0.2) is 18.1 Å². The molecule has 4 amide bonds. The minimum Gasteiger partial charge on any atom is -0.493 e. The second-order valence-electron chi connectivity index (χ2n) is 4.26. The third-order valence-corrected chi connectivity index (χ3v) is 2.79. The van der Waals surface area contributed by atoms with Gasteiger partial charge < -0.3 is 20.1 Å². The Morgan fingerprint density at radius 1 is 1.29 bits per heavy atom. The fraction of sp³-hybridized carbons (Fsp3) is 0.308. The third kappa shape index (κ3) is 3.85. The molecule has 8 heteroatoms. The lowest BCUT2D eigenvalue weighted by Crippen LogP contribution is -2.43. The van der Waals surface area contributed by atoms with E-state index in [-0.39, 0.29) is 13.2 Å². The van der Waals surface area contributed by atoms with E-state index in [1.54, 1.807) is 24.3 Å². The predicted molar refractivity (Wildman–Crippen MR) is 72.0 cm³/mol. The monoisotopic (exact) mass is 293 g/mol. The topological polar surface area (TPSA) is 106 Å². The van der Waals surface area contributed by atoms with Gasteiger partial charge in [0, 0.05) is 6.54 Å². The van der Waals surface area contributed by atoms with Gasteiger partial charge in [0.25, 0.3) is 11.8 Å². The van der Waals surface area contributed by atoms with Crippen LogP contribution in [0.3, 0.4) is 0 Å². The van der Waals surface area contributed by atoms with Crippen molar-refractivity contribution in [2.24, 2.45) is 0 Å². The number of carbonyl (C=O) groups excluding carboxylic acids is 3. The van der Waals surface area contributed by atoms with Crippen molar-refractivity contribution in [1.82, 2.24) is 16.0 Å². The molecule has 1 fully saturated rings. The molecule has 1 aliphatic heterocycles. The lowest BCUT2D eigenvalue weighted by atomic mass is 10.3. The van der Waals surface area contributed by atoms with Gasteiger partial charge in [-0.05, 0) is 12.1 Å². The number of para-hydroxylation sites is 2. The zero-order chi connectivity index (χ0) is 15.2. The second kappa shape index (κ2) is 6.60. The summed E-state index contributed by atoms with van der Waals surface area (Å²) in [5, 5.41) is 6.95. The summed E-state index contributed by atoms with van der Waals surface area (Å²) in [6.45, 7) is -0.214. The minimum absolute atomic E-state index is 0.00565.